The van der Waals surface area contributed by atoms with Crippen molar-refractivity contribution in [3.63, 3.8) is 0 Å². The highest BCUT2D eigenvalue weighted by molar-refractivity contribution is 8.13. The van der Waals surface area contributed by atoms with E-state index in [4.69, 9.17) is 0 Å². The molecule has 2 amide bonds. The quantitative estimate of drug-likeness (QED) is 0.642. The van der Waals surface area contributed by atoms with Crippen LogP contribution < -0.4 is 5.32 Å². The van der Waals surface area contributed by atoms with Gasteiger partial charge in [-0.1, -0.05) is 12.1 Å². The van der Waals surface area contributed by atoms with Gasteiger partial charge in [-0.3, -0.25) is 9.59 Å². The van der Waals surface area contributed by atoms with Crippen LogP contribution in [0.15, 0.2) is 35.2 Å². The molecule has 1 N–H and O–H groups in total. The monoisotopic (exact) mass is 411 g/mol. The van der Waals surface area contributed by atoms with Crippen LogP contribution in [0, 0.1) is 20.8 Å². The van der Waals surface area contributed by atoms with Gasteiger partial charge >= 0.3 is 0 Å². The fraction of sp³-hybridized carbons (Fsp3) is 0.333. The van der Waals surface area contributed by atoms with E-state index in [1.165, 1.54) is 4.90 Å². The summed E-state index contributed by atoms with van der Waals surface area (Å²) in [5.41, 5.74) is 5.32. The molecule has 0 aliphatic rings. The number of aromatic nitrogens is 3. The minimum Gasteiger partial charge on any atom is -0.339 e. The van der Waals surface area contributed by atoms with E-state index in [-0.39, 0.29) is 11.1 Å². The first-order valence-electron chi connectivity index (χ1n) is 9.36. The number of aryl methyl sites for hydroxylation is 3. The summed E-state index contributed by atoms with van der Waals surface area (Å²) in [5.74, 6) is -0.106. The molecule has 0 atom stereocenters. The van der Waals surface area contributed by atoms with Crippen LogP contribution in [0.1, 0.15) is 29.1 Å². The van der Waals surface area contributed by atoms with E-state index in [1.807, 2.05) is 49.6 Å². The summed E-state index contributed by atoms with van der Waals surface area (Å²) in [6, 6.07) is 9.26. The molecular weight excluding hydrogens is 386 g/mol. The smallest absolute Gasteiger partial charge is 0.286 e. The average molecular weight is 412 g/mol. The Kier molecular flexibility index (Phi) is 6.22. The van der Waals surface area contributed by atoms with Crippen molar-refractivity contribution in [2.24, 2.45) is 0 Å². The molecule has 2 heterocycles. The van der Waals surface area contributed by atoms with E-state index >= 15 is 0 Å². The van der Waals surface area contributed by atoms with Gasteiger partial charge in [0.2, 0.25) is 5.91 Å². The number of nitrogens with one attached hydrogen (secondary N) is 1. The molecule has 0 fully saturated rings. The van der Waals surface area contributed by atoms with E-state index in [0.29, 0.717) is 18.5 Å². The highest BCUT2D eigenvalue weighted by Gasteiger charge is 2.15. The molecule has 3 rings (SSSR count). The number of benzene rings is 1. The van der Waals surface area contributed by atoms with Crippen LogP contribution in [0.25, 0.3) is 5.65 Å². The first-order chi connectivity index (χ1) is 13.8. The lowest BCUT2D eigenvalue weighted by Gasteiger charge is -2.14. The number of hydrogen-bond acceptors (Lipinski definition) is 5. The molecule has 8 heteroatoms. The summed E-state index contributed by atoms with van der Waals surface area (Å²) in [7, 11) is 3.40. The van der Waals surface area contributed by atoms with Crippen LogP contribution in [0.5, 0.6) is 0 Å². The van der Waals surface area contributed by atoms with Gasteiger partial charge in [-0.15, -0.1) is 0 Å². The Hall–Kier alpha value is -2.87. The van der Waals surface area contributed by atoms with E-state index in [1.54, 1.807) is 20.2 Å². The molecule has 0 saturated heterocycles. The van der Waals surface area contributed by atoms with Crippen molar-refractivity contribution in [2.45, 2.75) is 38.5 Å². The topological polar surface area (TPSA) is 79.6 Å². The largest absolute Gasteiger partial charge is 0.339 e. The van der Waals surface area contributed by atoms with Crippen molar-refractivity contribution in [1.82, 2.24) is 19.5 Å². The minimum absolute atomic E-state index is 0.0909. The zero-order valence-electron chi connectivity index (χ0n) is 17.3. The second kappa shape index (κ2) is 8.65. The first kappa shape index (κ1) is 20.9. The molecule has 0 saturated carbocycles. The summed E-state index contributed by atoms with van der Waals surface area (Å²) in [6.45, 7) is 5.90. The van der Waals surface area contributed by atoms with Crippen molar-refractivity contribution in [1.29, 1.82) is 0 Å². The highest BCUT2D eigenvalue weighted by Crippen LogP contribution is 2.29. The van der Waals surface area contributed by atoms with Crippen molar-refractivity contribution < 1.29 is 9.59 Å². The van der Waals surface area contributed by atoms with Gasteiger partial charge in [0.25, 0.3) is 5.24 Å². The molecule has 3 aromatic rings. The number of anilines is 1. The number of hydrogen-bond donors (Lipinski definition) is 1. The standard InChI is InChI=1S/C21H25N5O2S/c1-13-12-19-22-14(2)16(15(3)26(19)24-13)10-11-20(27)23-17-8-6-7-9-18(17)29-21(28)25(4)5/h6-9,12H,10-11H2,1-5H3,(H,23,27). The predicted molar refractivity (Wildman–Crippen MR) is 116 cm³/mol. The molecule has 152 valence electrons. The Balaban J connectivity index is 1.71. The third-order valence-corrected chi connectivity index (χ3v) is 5.73. The van der Waals surface area contributed by atoms with Crippen molar-refractivity contribution in [3.05, 3.63) is 53.0 Å². The molecule has 29 heavy (non-hydrogen) atoms. The van der Waals surface area contributed by atoms with Crippen LogP contribution in [0.3, 0.4) is 0 Å². The zero-order chi connectivity index (χ0) is 21.1. The third-order valence-electron chi connectivity index (χ3n) is 4.61. The summed E-state index contributed by atoms with van der Waals surface area (Å²) < 4.78 is 1.83. The number of nitrogens with zero attached hydrogens (tertiary/aromatic N) is 4. The average Bonchev–Trinajstić information content (AvgIpc) is 3.03. The second-order valence-electron chi connectivity index (χ2n) is 7.12. The molecule has 7 nitrogen and oxygen atoms in total. The first-order valence-corrected chi connectivity index (χ1v) is 10.2. The molecule has 0 aliphatic carbocycles. The zero-order valence-corrected chi connectivity index (χ0v) is 18.1. The Morgan fingerprint density at radius 2 is 1.90 bits per heavy atom. The van der Waals surface area contributed by atoms with Crippen LogP contribution in [-0.2, 0) is 11.2 Å². The molecule has 0 unspecified atom stereocenters. The number of amides is 2. The molecular formula is C21H25N5O2S. The number of para-hydroxylation sites is 1. The number of thioether (sulfide) groups is 1. The summed E-state index contributed by atoms with van der Waals surface area (Å²) in [6.07, 6.45) is 0.882. The maximum atomic E-state index is 12.6. The number of rotatable bonds is 5. The van der Waals surface area contributed by atoms with Crippen LogP contribution in [0.2, 0.25) is 0 Å². The molecule has 0 aliphatic heterocycles. The molecule has 0 spiro atoms. The lowest BCUT2D eigenvalue weighted by Crippen LogP contribution is -2.17. The van der Waals surface area contributed by atoms with Crippen molar-refractivity contribution >= 4 is 34.2 Å². The van der Waals surface area contributed by atoms with Crippen LogP contribution in [-0.4, -0.2) is 44.7 Å². The van der Waals surface area contributed by atoms with Crippen LogP contribution in [0.4, 0.5) is 10.5 Å². The normalized spacial score (nSPS) is 10.9. The van der Waals surface area contributed by atoms with Gasteiger partial charge in [0.15, 0.2) is 5.65 Å². The van der Waals surface area contributed by atoms with E-state index < -0.39 is 0 Å². The maximum Gasteiger partial charge on any atom is 0.286 e. The third kappa shape index (κ3) is 4.76. The van der Waals surface area contributed by atoms with Gasteiger partial charge in [-0.2, -0.15) is 5.10 Å². The number of carbonyl (C=O) groups is 2. The lowest BCUT2D eigenvalue weighted by molar-refractivity contribution is -0.116. The predicted octanol–water partition coefficient (Wildman–Crippen LogP) is 4.00. The number of carbonyl (C=O) groups excluding carboxylic acids is 2. The maximum absolute atomic E-state index is 12.6. The fourth-order valence-corrected chi connectivity index (χ4v) is 3.84. The molecule has 0 bridgehead atoms. The second-order valence-corrected chi connectivity index (χ2v) is 8.12. The number of fused-ring (bicyclic) bond motifs is 1. The Morgan fingerprint density at radius 1 is 1.17 bits per heavy atom. The minimum atomic E-state index is -0.106. The van der Waals surface area contributed by atoms with Crippen LogP contribution >= 0.6 is 11.8 Å². The lowest BCUT2D eigenvalue weighted by atomic mass is 10.1. The van der Waals surface area contributed by atoms with E-state index in [2.05, 4.69) is 15.4 Å². The van der Waals surface area contributed by atoms with Crippen molar-refractivity contribution in [3.8, 4) is 0 Å². The summed E-state index contributed by atoms with van der Waals surface area (Å²) in [4.78, 5) is 31.4. The summed E-state index contributed by atoms with van der Waals surface area (Å²) in [5, 5.41) is 7.32. The van der Waals surface area contributed by atoms with Gasteiger partial charge < -0.3 is 10.2 Å². The van der Waals surface area contributed by atoms with Gasteiger partial charge in [0.05, 0.1) is 11.4 Å². The van der Waals surface area contributed by atoms with Gasteiger partial charge in [0, 0.05) is 42.9 Å². The Labute approximate surface area is 174 Å². The van der Waals surface area contributed by atoms with Gasteiger partial charge in [-0.25, -0.2) is 9.50 Å². The fourth-order valence-electron chi connectivity index (χ4n) is 3.10. The van der Waals surface area contributed by atoms with E-state index in [0.717, 1.165) is 44.9 Å². The highest BCUT2D eigenvalue weighted by atomic mass is 32.2. The van der Waals surface area contributed by atoms with Gasteiger partial charge in [0.1, 0.15) is 0 Å². The molecule has 2 aromatic heterocycles. The SMILES string of the molecule is Cc1cc2nc(C)c(CCC(=O)Nc3ccccc3SC(=O)N(C)C)c(C)n2n1. The molecule has 0 radical (unpaired) electrons. The Bertz CT molecular complexity index is 1070. The molecule has 1 aromatic carbocycles. The Morgan fingerprint density at radius 3 is 2.62 bits per heavy atom. The summed E-state index contributed by atoms with van der Waals surface area (Å²) >= 11 is 1.09. The van der Waals surface area contributed by atoms with Gasteiger partial charge in [-0.05, 0) is 56.7 Å². The van der Waals surface area contributed by atoms with E-state index in [9.17, 15) is 9.59 Å². The van der Waals surface area contributed by atoms with Crippen molar-refractivity contribution in [2.75, 3.05) is 19.4 Å².